The van der Waals surface area contributed by atoms with E-state index in [9.17, 15) is 0 Å². The van der Waals surface area contributed by atoms with E-state index >= 15 is 0 Å². The topological polar surface area (TPSA) is 15.3 Å². The molecule has 0 amide bonds. The molecule has 1 heterocycles. The van der Waals surface area contributed by atoms with E-state index in [2.05, 4.69) is 46.1 Å². The molecule has 0 aromatic heterocycles. The maximum Gasteiger partial charge on any atom is 0.0568 e. The second kappa shape index (κ2) is 6.27. The van der Waals surface area contributed by atoms with Crippen molar-refractivity contribution in [1.29, 1.82) is 0 Å². The summed E-state index contributed by atoms with van der Waals surface area (Å²) in [6.45, 7) is 7.71. The third-order valence-electron chi connectivity index (χ3n) is 3.28. The average molecular weight is 332 g/mol. The van der Waals surface area contributed by atoms with E-state index in [1.807, 2.05) is 12.1 Å². The second-order valence-electron chi connectivity index (χ2n) is 5.33. The Labute approximate surface area is 123 Å². The maximum atomic E-state index is 6.16. The van der Waals surface area contributed by atoms with Crippen LogP contribution < -0.4 is 10.2 Å². The van der Waals surface area contributed by atoms with Crippen molar-refractivity contribution in [3.05, 3.63) is 27.7 Å². The normalized spacial score (nSPS) is 20.5. The summed E-state index contributed by atoms with van der Waals surface area (Å²) < 4.78 is 0.960. The molecule has 1 aromatic rings. The molecule has 1 fully saturated rings. The molecule has 1 aliphatic rings. The summed E-state index contributed by atoms with van der Waals surface area (Å²) in [5.74, 6) is 0.732. The summed E-state index contributed by atoms with van der Waals surface area (Å²) in [6.07, 6.45) is 1.22. The summed E-state index contributed by atoms with van der Waals surface area (Å²) >= 11 is 9.60. The molecule has 1 aromatic carbocycles. The van der Waals surface area contributed by atoms with Gasteiger partial charge in [-0.15, -0.1) is 0 Å². The standard InChI is InChI=1S/C14H20BrClN2/c1-10(2)7-11-9-18(6-5-17-11)12-3-4-13(15)14(16)8-12/h3-4,8,10-11,17H,5-7,9H2,1-2H3. The molecule has 0 saturated carbocycles. The van der Waals surface area contributed by atoms with Gasteiger partial charge in [0.25, 0.3) is 0 Å². The minimum atomic E-state index is 0.584. The van der Waals surface area contributed by atoms with Gasteiger partial charge in [0, 0.05) is 35.8 Å². The molecule has 1 N–H and O–H groups in total. The quantitative estimate of drug-likeness (QED) is 0.903. The molecule has 0 aliphatic carbocycles. The van der Waals surface area contributed by atoms with Crippen LogP contribution in [0.15, 0.2) is 22.7 Å². The Bertz CT molecular complexity index is 409. The van der Waals surface area contributed by atoms with Crippen molar-refractivity contribution in [2.45, 2.75) is 26.3 Å². The van der Waals surface area contributed by atoms with Crippen molar-refractivity contribution in [3.63, 3.8) is 0 Å². The van der Waals surface area contributed by atoms with E-state index in [4.69, 9.17) is 11.6 Å². The van der Waals surface area contributed by atoms with Gasteiger partial charge in [0.1, 0.15) is 0 Å². The van der Waals surface area contributed by atoms with Crippen LogP contribution in [0.4, 0.5) is 5.69 Å². The molecule has 2 nitrogen and oxygen atoms in total. The third kappa shape index (κ3) is 3.62. The average Bonchev–Trinajstić information content (AvgIpc) is 2.32. The van der Waals surface area contributed by atoms with Crippen LogP contribution >= 0.6 is 27.5 Å². The minimum Gasteiger partial charge on any atom is -0.369 e. The van der Waals surface area contributed by atoms with Crippen molar-refractivity contribution in [1.82, 2.24) is 5.32 Å². The number of hydrogen-bond acceptors (Lipinski definition) is 2. The smallest absolute Gasteiger partial charge is 0.0568 e. The number of benzene rings is 1. The molecular weight excluding hydrogens is 312 g/mol. The molecule has 0 radical (unpaired) electrons. The maximum absolute atomic E-state index is 6.16. The van der Waals surface area contributed by atoms with E-state index in [-0.39, 0.29) is 0 Å². The number of anilines is 1. The van der Waals surface area contributed by atoms with Gasteiger partial charge in [-0.3, -0.25) is 0 Å². The summed E-state index contributed by atoms with van der Waals surface area (Å²) in [5.41, 5.74) is 1.22. The molecule has 2 rings (SSSR count). The molecular formula is C14H20BrClN2. The fourth-order valence-electron chi connectivity index (χ4n) is 2.47. The number of halogens is 2. The van der Waals surface area contributed by atoms with Gasteiger partial charge in [0.15, 0.2) is 0 Å². The molecule has 1 saturated heterocycles. The Morgan fingerprint density at radius 2 is 2.28 bits per heavy atom. The van der Waals surface area contributed by atoms with Crippen LogP contribution in [0.1, 0.15) is 20.3 Å². The molecule has 1 aliphatic heterocycles. The Kier molecular flexibility index (Phi) is 4.93. The van der Waals surface area contributed by atoms with E-state index in [1.54, 1.807) is 0 Å². The Morgan fingerprint density at radius 3 is 2.94 bits per heavy atom. The van der Waals surface area contributed by atoms with Crippen LogP contribution in [0.5, 0.6) is 0 Å². The largest absolute Gasteiger partial charge is 0.369 e. The summed E-state index contributed by atoms with van der Waals surface area (Å²) in [4.78, 5) is 2.42. The number of hydrogen-bond donors (Lipinski definition) is 1. The molecule has 0 bridgehead atoms. The van der Waals surface area contributed by atoms with Crippen molar-refractivity contribution in [2.24, 2.45) is 5.92 Å². The monoisotopic (exact) mass is 330 g/mol. The molecule has 0 spiro atoms. The van der Waals surface area contributed by atoms with Crippen LogP contribution in [0.2, 0.25) is 5.02 Å². The van der Waals surface area contributed by atoms with E-state index in [0.717, 1.165) is 35.0 Å². The zero-order valence-electron chi connectivity index (χ0n) is 10.9. The highest BCUT2D eigenvalue weighted by atomic mass is 79.9. The van der Waals surface area contributed by atoms with Gasteiger partial charge in [-0.05, 0) is 46.5 Å². The summed E-state index contributed by atoms with van der Waals surface area (Å²) in [6, 6.07) is 6.79. The van der Waals surface area contributed by atoms with Crippen molar-refractivity contribution >= 4 is 33.2 Å². The Balaban J connectivity index is 2.05. The molecule has 4 heteroatoms. The van der Waals surface area contributed by atoms with Crippen LogP contribution in [0, 0.1) is 5.92 Å². The third-order valence-corrected chi connectivity index (χ3v) is 4.51. The lowest BCUT2D eigenvalue weighted by atomic mass is 10.0. The SMILES string of the molecule is CC(C)CC1CN(c2ccc(Br)c(Cl)c2)CCN1. The molecule has 1 unspecified atom stereocenters. The highest BCUT2D eigenvalue weighted by molar-refractivity contribution is 9.10. The number of nitrogens with one attached hydrogen (secondary N) is 1. The van der Waals surface area contributed by atoms with Crippen molar-refractivity contribution < 1.29 is 0 Å². The van der Waals surface area contributed by atoms with Gasteiger partial charge in [0.2, 0.25) is 0 Å². The van der Waals surface area contributed by atoms with Crippen LogP contribution in [0.3, 0.4) is 0 Å². The highest BCUT2D eigenvalue weighted by Gasteiger charge is 2.20. The van der Waals surface area contributed by atoms with Crippen LogP contribution in [-0.4, -0.2) is 25.7 Å². The minimum absolute atomic E-state index is 0.584. The summed E-state index contributed by atoms with van der Waals surface area (Å²) in [7, 11) is 0. The second-order valence-corrected chi connectivity index (χ2v) is 6.59. The predicted molar refractivity (Wildman–Crippen MR) is 82.6 cm³/mol. The number of nitrogens with zero attached hydrogens (tertiary/aromatic N) is 1. The van der Waals surface area contributed by atoms with Crippen LogP contribution in [-0.2, 0) is 0 Å². The first-order chi connectivity index (χ1) is 8.56. The predicted octanol–water partition coefficient (Wildman–Crippen LogP) is 3.93. The fraction of sp³-hybridized carbons (Fsp3) is 0.571. The Morgan fingerprint density at radius 1 is 1.50 bits per heavy atom. The van der Waals surface area contributed by atoms with Gasteiger partial charge >= 0.3 is 0 Å². The van der Waals surface area contributed by atoms with Gasteiger partial charge in [-0.25, -0.2) is 0 Å². The molecule has 100 valence electrons. The number of rotatable bonds is 3. The lowest BCUT2D eigenvalue weighted by molar-refractivity contribution is 0.388. The van der Waals surface area contributed by atoms with Crippen molar-refractivity contribution in [2.75, 3.05) is 24.5 Å². The van der Waals surface area contributed by atoms with Gasteiger partial charge in [-0.1, -0.05) is 25.4 Å². The number of piperazine rings is 1. The lowest BCUT2D eigenvalue weighted by Gasteiger charge is -2.36. The fourth-order valence-corrected chi connectivity index (χ4v) is 2.89. The first kappa shape index (κ1) is 14.2. The lowest BCUT2D eigenvalue weighted by Crippen LogP contribution is -2.51. The van der Waals surface area contributed by atoms with Gasteiger partial charge in [0.05, 0.1) is 5.02 Å². The first-order valence-electron chi connectivity index (χ1n) is 6.49. The van der Waals surface area contributed by atoms with Crippen LogP contribution in [0.25, 0.3) is 0 Å². The zero-order chi connectivity index (χ0) is 13.1. The zero-order valence-corrected chi connectivity index (χ0v) is 13.3. The highest BCUT2D eigenvalue weighted by Crippen LogP contribution is 2.28. The van der Waals surface area contributed by atoms with E-state index in [0.29, 0.717) is 6.04 Å². The van der Waals surface area contributed by atoms with E-state index < -0.39 is 0 Å². The van der Waals surface area contributed by atoms with Gasteiger partial charge < -0.3 is 10.2 Å². The Hall–Kier alpha value is -0.250. The summed E-state index contributed by atoms with van der Waals surface area (Å²) in [5, 5.41) is 4.38. The van der Waals surface area contributed by atoms with E-state index in [1.165, 1.54) is 12.1 Å². The first-order valence-corrected chi connectivity index (χ1v) is 7.66. The van der Waals surface area contributed by atoms with Gasteiger partial charge in [-0.2, -0.15) is 0 Å². The van der Waals surface area contributed by atoms with Crippen molar-refractivity contribution in [3.8, 4) is 0 Å². The molecule has 1 atom stereocenters. The molecule has 18 heavy (non-hydrogen) atoms.